The van der Waals surface area contributed by atoms with Gasteiger partial charge in [-0.25, -0.2) is 0 Å². The summed E-state index contributed by atoms with van der Waals surface area (Å²) in [6.45, 7) is 12.2. The van der Waals surface area contributed by atoms with Crippen LogP contribution in [0.2, 0.25) is 0 Å². The molecule has 0 amide bonds. The largest absolute Gasteiger partial charge is 0.550 e. The lowest BCUT2D eigenvalue weighted by Crippen LogP contribution is -2.54. The Labute approximate surface area is 266 Å². The van der Waals surface area contributed by atoms with E-state index in [1.54, 1.807) is 0 Å². The van der Waals surface area contributed by atoms with Crippen LogP contribution in [0.25, 0.3) is 0 Å². The van der Waals surface area contributed by atoms with Gasteiger partial charge in [0.1, 0.15) is 16.6 Å². The van der Waals surface area contributed by atoms with Crippen LogP contribution >= 0.6 is 0 Å². The third kappa shape index (κ3) is 7.56. The summed E-state index contributed by atoms with van der Waals surface area (Å²) in [5.74, 6) is 3.75. The van der Waals surface area contributed by atoms with Crippen LogP contribution in [0.3, 0.4) is 0 Å². The van der Waals surface area contributed by atoms with Gasteiger partial charge in [-0.1, -0.05) is 36.4 Å². The number of benzene rings is 3. The summed E-state index contributed by atoms with van der Waals surface area (Å²) in [4.78, 5) is 14.6. The van der Waals surface area contributed by atoms with Crippen molar-refractivity contribution in [1.82, 2.24) is 0 Å². The number of carboxylic acids is 1. The first-order valence-corrected chi connectivity index (χ1v) is 17.5. The molecule has 0 N–H and O–H groups in total. The summed E-state index contributed by atoms with van der Waals surface area (Å²) in [6, 6.07) is 25.1. The van der Waals surface area contributed by atoms with Gasteiger partial charge in [-0.3, -0.25) is 0 Å². The van der Waals surface area contributed by atoms with Crippen molar-refractivity contribution in [3.8, 4) is 17.2 Å². The van der Waals surface area contributed by atoms with Crippen LogP contribution in [0.15, 0.2) is 87.5 Å². The monoisotopic (exact) mass is 616 g/mol. The fourth-order valence-corrected chi connectivity index (χ4v) is 9.84. The zero-order valence-electron chi connectivity index (χ0n) is 27.1. The number of aliphatic carboxylic acids is 1. The molecule has 4 aliphatic rings. The van der Waals surface area contributed by atoms with Gasteiger partial charge in [-0.05, 0) is 122 Å². The summed E-state index contributed by atoms with van der Waals surface area (Å²) >= 11 is 0. The molecule has 6 heteroatoms. The molecule has 7 rings (SSSR count). The molecule has 5 nitrogen and oxygen atoms in total. The highest BCUT2D eigenvalue weighted by Crippen LogP contribution is 2.59. The van der Waals surface area contributed by atoms with Crippen LogP contribution in [0.1, 0.15) is 80.1 Å². The number of hydrogen-bond acceptors (Lipinski definition) is 5. The molecule has 0 radical (unpaired) electrons. The highest BCUT2D eigenvalue weighted by molar-refractivity contribution is 7.97. The molecule has 3 aromatic rings. The molecule has 0 aliphatic heterocycles. The molecule has 4 saturated carbocycles. The average molecular weight is 617 g/mol. The van der Waals surface area contributed by atoms with Gasteiger partial charge in [0.05, 0.1) is 18.3 Å². The van der Waals surface area contributed by atoms with Gasteiger partial charge >= 0.3 is 0 Å². The lowest BCUT2D eigenvalue weighted by Gasteiger charge is -2.57. The summed E-state index contributed by atoms with van der Waals surface area (Å²) in [7, 11) is -0.397. The zero-order valence-corrected chi connectivity index (χ0v) is 27.9. The number of carbonyl (C=O) groups excluding carboxylic acids is 1. The second kappa shape index (κ2) is 13.9. The van der Waals surface area contributed by atoms with Crippen LogP contribution in [-0.2, 0) is 15.7 Å². The minimum atomic E-state index is -0.758. The Kier molecular flexibility index (Phi) is 10.2. The summed E-state index contributed by atoms with van der Waals surface area (Å²) < 4.78 is 18.8. The van der Waals surface area contributed by atoms with E-state index in [-0.39, 0.29) is 18.3 Å². The van der Waals surface area contributed by atoms with E-state index < -0.39 is 22.3 Å². The standard InChI is InChI=1S/C27H33O3S.C11H16O2/c1-19(2)28-22-17-25(29-20(3)4)27(26(18-22)30-21(5)6)31(23-13-9-7-10-14-23)24-15-11-8-12-16-24;12-10(13)11-4-7-1-8(5-11)3-9(2-7)6-11/h7-21H,1-6H3;7-9H,1-6H2,(H,12,13)/q+1;/p-1. The van der Waals surface area contributed by atoms with E-state index >= 15 is 0 Å². The molecule has 4 fully saturated rings. The second-order valence-electron chi connectivity index (χ2n) is 13.7. The van der Waals surface area contributed by atoms with E-state index in [1.165, 1.54) is 29.1 Å². The van der Waals surface area contributed by atoms with Crippen molar-refractivity contribution in [3.05, 3.63) is 72.8 Å². The molecule has 0 aromatic heterocycles. The minimum absolute atomic E-state index is 0.0250. The molecule has 4 bridgehead atoms. The number of hydrogen-bond donors (Lipinski definition) is 0. The maximum atomic E-state index is 11.1. The Hall–Kier alpha value is -3.12. The Morgan fingerprint density at radius 1 is 0.682 bits per heavy atom. The number of rotatable bonds is 10. The van der Waals surface area contributed by atoms with Gasteiger partial charge in [-0.15, -0.1) is 0 Å². The fourth-order valence-electron chi connectivity index (χ4n) is 7.62. The Bertz CT molecular complexity index is 1280. The predicted molar refractivity (Wildman–Crippen MR) is 174 cm³/mol. The van der Waals surface area contributed by atoms with Crippen molar-refractivity contribution >= 4 is 16.9 Å². The van der Waals surface area contributed by atoms with Gasteiger partial charge in [0.2, 0.25) is 4.90 Å². The lowest BCUT2D eigenvalue weighted by atomic mass is 9.49. The van der Waals surface area contributed by atoms with Crippen molar-refractivity contribution in [2.45, 2.75) is 113 Å². The number of carboxylic acid groups (broad SMARTS) is 1. The first-order valence-electron chi connectivity index (χ1n) is 16.3. The van der Waals surface area contributed by atoms with E-state index in [1.807, 2.05) is 65.8 Å². The first kappa shape index (κ1) is 32.3. The summed E-state index contributed by atoms with van der Waals surface area (Å²) in [6.07, 6.45) is 6.76. The zero-order chi connectivity index (χ0) is 31.4. The van der Waals surface area contributed by atoms with Gasteiger partial charge in [-0.2, -0.15) is 0 Å². The molecule has 0 heterocycles. The maximum Gasteiger partial charge on any atom is 0.250 e. The summed E-state index contributed by atoms with van der Waals surface area (Å²) in [5, 5.41) is 11.1. The third-order valence-corrected chi connectivity index (χ3v) is 11.0. The van der Waals surface area contributed by atoms with E-state index in [4.69, 9.17) is 14.2 Å². The van der Waals surface area contributed by atoms with Crippen molar-refractivity contribution in [2.24, 2.45) is 23.2 Å². The molecule has 0 saturated heterocycles. The van der Waals surface area contributed by atoms with E-state index in [0.717, 1.165) is 41.4 Å². The van der Waals surface area contributed by atoms with E-state index in [0.29, 0.717) is 17.8 Å². The van der Waals surface area contributed by atoms with Crippen LogP contribution in [0, 0.1) is 23.2 Å². The van der Waals surface area contributed by atoms with Gasteiger partial charge in [0.15, 0.2) is 21.3 Å². The van der Waals surface area contributed by atoms with Crippen molar-refractivity contribution in [2.75, 3.05) is 0 Å². The highest BCUT2D eigenvalue weighted by Gasteiger charge is 2.51. The molecule has 0 spiro atoms. The highest BCUT2D eigenvalue weighted by atomic mass is 32.2. The normalized spacial score (nSPS) is 23.5. The summed E-state index contributed by atoms with van der Waals surface area (Å²) in [5.41, 5.74) is -0.394. The Morgan fingerprint density at radius 3 is 1.41 bits per heavy atom. The van der Waals surface area contributed by atoms with Crippen LogP contribution in [0.4, 0.5) is 0 Å². The van der Waals surface area contributed by atoms with Crippen LogP contribution in [-0.4, -0.2) is 24.3 Å². The van der Waals surface area contributed by atoms with Gasteiger partial charge < -0.3 is 24.1 Å². The number of ether oxygens (including phenoxy) is 3. The molecule has 236 valence electrons. The molecule has 4 aliphatic carbocycles. The topological polar surface area (TPSA) is 67.8 Å². The van der Waals surface area contributed by atoms with Crippen molar-refractivity contribution in [3.63, 3.8) is 0 Å². The van der Waals surface area contributed by atoms with Crippen LogP contribution in [0.5, 0.6) is 17.2 Å². The molecule has 44 heavy (non-hydrogen) atoms. The smallest absolute Gasteiger partial charge is 0.250 e. The molecule has 0 atom stereocenters. The average Bonchev–Trinajstić information content (AvgIpc) is 2.94. The molecular formula is C38H48O5S. The number of carbonyl (C=O) groups is 1. The van der Waals surface area contributed by atoms with Crippen LogP contribution < -0.4 is 19.3 Å². The van der Waals surface area contributed by atoms with E-state index in [2.05, 4.69) is 48.5 Å². The third-order valence-electron chi connectivity index (χ3n) is 8.72. The second-order valence-corrected chi connectivity index (χ2v) is 15.6. The predicted octanol–water partition coefficient (Wildman–Crippen LogP) is 8.10. The Balaban J connectivity index is 0.000000242. The minimum Gasteiger partial charge on any atom is -0.550 e. The Morgan fingerprint density at radius 2 is 1.07 bits per heavy atom. The quantitative estimate of drug-likeness (QED) is 0.215. The van der Waals surface area contributed by atoms with Crippen molar-refractivity contribution in [1.29, 1.82) is 0 Å². The fraction of sp³-hybridized carbons (Fsp3) is 0.500. The molecule has 3 aromatic carbocycles. The maximum absolute atomic E-state index is 11.1. The first-order chi connectivity index (χ1) is 21.0. The SMILES string of the molecule is CC(C)Oc1cc(OC(C)C)c([S+](c2ccccc2)c2ccccc2)c(OC(C)C)c1.O=C([O-])C12CC3CC(CC(C3)C1)C2. The lowest BCUT2D eigenvalue weighted by molar-refractivity contribution is -0.327. The van der Waals surface area contributed by atoms with Gasteiger partial charge in [0.25, 0.3) is 0 Å². The molecular weight excluding hydrogens is 568 g/mol. The van der Waals surface area contributed by atoms with E-state index in [9.17, 15) is 9.90 Å². The van der Waals surface area contributed by atoms with Crippen molar-refractivity contribution < 1.29 is 24.1 Å². The molecule has 0 unspecified atom stereocenters. The van der Waals surface area contributed by atoms with Gasteiger partial charge in [0, 0.05) is 23.5 Å².